The second-order valence-electron chi connectivity index (χ2n) is 7.09. The number of hydrogen-bond donors (Lipinski definition) is 1. The summed E-state index contributed by atoms with van der Waals surface area (Å²) >= 11 is 0. The molecule has 1 atom stereocenters. The summed E-state index contributed by atoms with van der Waals surface area (Å²) in [6.07, 6.45) is 10.1. The van der Waals surface area contributed by atoms with E-state index in [1.54, 1.807) is 6.08 Å². The molecule has 1 aliphatic heterocycles. The van der Waals surface area contributed by atoms with Gasteiger partial charge < -0.3 is 5.11 Å². The number of ketones is 1. The molecule has 1 rings (SSSR count). The van der Waals surface area contributed by atoms with E-state index in [-0.39, 0.29) is 17.3 Å². The normalized spacial score (nSPS) is 20.2. The van der Waals surface area contributed by atoms with Crippen LogP contribution in [0.1, 0.15) is 72.6 Å². The fourth-order valence-electron chi connectivity index (χ4n) is 3.03. The lowest BCUT2D eigenvalue weighted by Crippen LogP contribution is -2.40. The number of allylic oxidation sites excluding steroid dienone is 2. The first-order chi connectivity index (χ1) is 11.8. The van der Waals surface area contributed by atoms with Gasteiger partial charge in [-0.05, 0) is 38.2 Å². The lowest BCUT2D eigenvalue weighted by molar-refractivity contribution is -0.141. The number of imide groups is 1. The van der Waals surface area contributed by atoms with Gasteiger partial charge in [0.05, 0.1) is 0 Å². The highest BCUT2D eigenvalue weighted by atomic mass is 16.3. The summed E-state index contributed by atoms with van der Waals surface area (Å²) in [6.45, 7) is 7.33. The molecule has 1 aliphatic rings. The van der Waals surface area contributed by atoms with Crippen LogP contribution in [0.4, 0.5) is 0 Å². The molecule has 0 aromatic carbocycles. The number of hydrogen-bond acceptors (Lipinski definition) is 4. The topological polar surface area (TPSA) is 74.7 Å². The lowest BCUT2D eigenvalue weighted by Gasteiger charge is -2.21. The van der Waals surface area contributed by atoms with Gasteiger partial charge in [0.25, 0.3) is 11.8 Å². The quantitative estimate of drug-likeness (QED) is 0.294. The molecule has 0 aromatic heterocycles. The molecule has 0 aliphatic carbocycles. The van der Waals surface area contributed by atoms with Crippen molar-refractivity contribution in [3.63, 3.8) is 0 Å². The first kappa shape index (κ1) is 21.1. The van der Waals surface area contributed by atoms with Gasteiger partial charge in [-0.25, -0.2) is 0 Å². The number of likely N-dealkylation sites (tertiary alicyclic amines) is 1. The Bertz CT molecular complexity index is 556. The number of Topliss-reactive ketones (excluding diaryl/α,β-unsaturated/α-hetero) is 1. The molecule has 0 unspecified atom stereocenters. The fourth-order valence-corrected chi connectivity index (χ4v) is 3.03. The van der Waals surface area contributed by atoms with Crippen molar-refractivity contribution in [1.82, 2.24) is 4.90 Å². The molecule has 140 valence electrons. The first-order valence-electron chi connectivity index (χ1n) is 9.29. The van der Waals surface area contributed by atoms with Gasteiger partial charge in [-0.2, -0.15) is 0 Å². The minimum Gasteiger partial charge on any atom is -0.512 e. The number of aliphatic hydroxyl groups is 1. The highest BCUT2D eigenvalue weighted by Crippen LogP contribution is 2.27. The van der Waals surface area contributed by atoms with E-state index in [1.165, 1.54) is 32.3 Å². The van der Waals surface area contributed by atoms with E-state index in [1.807, 2.05) is 13.8 Å². The van der Waals surface area contributed by atoms with E-state index in [0.717, 1.165) is 24.2 Å². The Morgan fingerprint density at radius 2 is 1.84 bits per heavy atom. The zero-order valence-corrected chi connectivity index (χ0v) is 15.9. The molecule has 0 aromatic rings. The Morgan fingerprint density at radius 3 is 2.40 bits per heavy atom. The average molecular weight is 349 g/mol. The van der Waals surface area contributed by atoms with Crippen LogP contribution in [-0.2, 0) is 14.4 Å². The van der Waals surface area contributed by atoms with Crippen molar-refractivity contribution in [3.8, 4) is 0 Å². The van der Waals surface area contributed by atoms with Crippen molar-refractivity contribution in [3.05, 3.63) is 23.5 Å². The Balaban J connectivity index is 2.77. The summed E-state index contributed by atoms with van der Waals surface area (Å²) in [5.74, 6) is -1.79. The van der Waals surface area contributed by atoms with Crippen molar-refractivity contribution < 1.29 is 19.5 Å². The van der Waals surface area contributed by atoms with E-state index < -0.39 is 23.6 Å². The summed E-state index contributed by atoms with van der Waals surface area (Å²) in [4.78, 5) is 38.3. The molecule has 1 fully saturated rings. The number of unbranched alkanes of at least 4 members (excludes halogenated alkanes) is 5. The summed E-state index contributed by atoms with van der Waals surface area (Å²) in [5.41, 5.74) is -0.257. The van der Waals surface area contributed by atoms with Gasteiger partial charge in [-0.15, -0.1) is 0 Å². The van der Waals surface area contributed by atoms with E-state index in [2.05, 4.69) is 6.92 Å². The standard InChI is InChI=1S/C20H31NO4/c1-5-6-7-8-9-10-11-12-17(23)21-16(13-14(2)3)19(24)18(15(4)22)20(21)25/h11-12,14,16,22H,5-10,13H2,1-4H3/b12-11+,18-15-/t16-/m0/s1. The lowest BCUT2D eigenvalue weighted by atomic mass is 9.99. The monoisotopic (exact) mass is 349 g/mol. The zero-order chi connectivity index (χ0) is 19.0. The molecule has 1 saturated heterocycles. The van der Waals surface area contributed by atoms with Crippen LogP contribution in [0.25, 0.3) is 0 Å². The van der Waals surface area contributed by atoms with Gasteiger partial charge in [0.2, 0.25) is 0 Å². The number of rotatable bonds is 9. The fraction of sp³-hybridized carbons (Fsp3) is 0.650. The number of aliphatic hydroxyl groups excluding tert-OH is 1. The van der Waals surface area contributed by atoms with Crippen LogP contribution < -0.4 is 0 Å². The highest BCUT2D eigenvalue weighted by molar-refractivity contribution is 6.31. The highest BCUT2D eigenvalue weighted by Gasteiger charge is 2.47. The summed E-state index contributed by atoms with van der Waals surface area (Å²) in [5, 5.41) is 9.64. The molecule has 0 radical (unpaired) electrons. The third kappa shape index (κ3) is 5.83. The molecule has 2 amide bonds. The van der Waals surface area contributed by atoms with Crippen LogP contribution >= 0.6 is 0 Å². The van der Waals surface area contributed by atoms with Crippen molar-refractivity contribution in [2.75, 3.05) is 0 Å². The molecule has 0 bridgehead atoms. The largest absolute Gasteiger partial charge is 0.512 e. The SMILES string of the molecule is CCCCCCC/C=C/C(=O)N1C(=O)/C(=C(/C)O)C(=O)[C@@H]1CC(C)C. The van der Waals surface area contributed by atoms with Crippen LogP contribution in [-0.4, -0.2) is 33.6 Å². The number of nitrogens with zero attached hydrogens (tertiary/aromatic N) is 1. The van der Waals surface area contributed by atoms with Gasteiger partial charge in [0, 0.05) is 0 Å². The second-order valence-corrected chi connectivity index (χ2v) is 7.09. The Labute approximate surface area is 150 Å². The van der Waals surface area contributed by atoms with E-state index in [4.69, 9.17) is 0 Å². The molecule has 1 N–H and O–H groups in total. The van der Waals surface area contributed by atoms with E-state index >= 15 is 0 Å². The third-order valence-electron chi connectivity index (χ3n) is 4.32. The average Bonchev–Trinajstić information content (AvgIpc) is 2.76. The predicted molar refractivity (Wildman–Crippen MR) is 97.9 cm³/mol. The van der Waals surface area contributed by atoms with Gasteiger partial charge in [0.15, 0.2) is 5.78 Å². The molecular weight excluding hydrogens is 318 g/mol. The van der Waals surface area contributed by atoms with Gasteiger partial charge in [-0.1, -0.05) is 52.5 Å². The third-order valence-corrected chi connectivity index (χ3v) is 4.32. The van der Waals surface area contributed by atoms with Crippen LogP contribution in [0.2, 0.25) is 0 Å². The number of carbonyl (C=O) groups excluding carboxylic acids is 3. The van der Waals surface area contributed by atoms with Crippen molar-refractivity contribution in [2.24, 2.45) is 5.92 Å². The summed E-state index contributed by atoms with van der Waals surface area (Å²) in [7, 11) is 0. The molecule has 1 heterocycles. The number of carbonyl (C=O) groups is 3. The first-order valence-corrected chi connectivity index (χ1v) is 9.29. The molecule has 0 spiro atoms. The van der Waals surface area contributed by atoms with Gasteiger partial charge in [0.1, 0.15) is 17.4 Å². The zero-order valence-electron chi connectivity index (χ0n) is 15.9. The molecular formula is C20H31NO4. The maximum atomic E-state index is 12.5. The molecule has 25 heavy (non-hydrogen) atoms. The smallest absolute Gasteiger partial charge is 0.268 e. The van der Waals surface area contributed by atoms with Gasteiger partial charge in [-0.3, -0.25) is 19.3 Å². The Hall–Kier alpha value is -1.91. The Morgan fingerprint density at radius 1 is 1.20 bits per heavy atom. The van der Waals surface area contributed by atoms with Crippen LogP contribution in [0.15, 0.2) is 23.5 Å². The number of amides is 2. The van der Waals surface area contributed by atoms with Gasteiger partial charge >= 0.3 is 0 Å². The van der Waals surface area contributed by atoms with Crippen molar-refractivity contribution >= 4 is 17.6 Å². The minimum absolute atomic E-state index is 0.151. The van der Waals surface area contributed by atoms with Crippen LogP contribution in [0, 0.1) is 5.92 Å². The van der Waals surface area contributed by atoms with Crippen molar-refractivity contribution in [1.29, 1.82) is 0 Å². The predicted octanol–water partition coefficient (Wildman–Crippen LogP) is 4.09. The summed E-state index contributed by atoms with van der Waals surface area (Å²) in [6, 6.07) is -0.814. The molecule has 0 saturated carbocycles. The Kier molecular flexibility index (Phi) is 8.59. The summed E-state index contributed by atoms with van der Waals surface area (Å²) < 4.78 is 0. The van der Waals surface area contributed by atoms with Crippen molar-refractivity contribution in [2.45, 2.75) is 78.7 Å². The van der Waals surface area contributed by atoms with Crippen LogP contribution in [0.5, 0.6) is 0 Å². The van der Waals surface area contributed by atoms with E-state index in [0.29, 0.717) is 6.42 Å². The van der Waals surface area contributed by atoms with E-state index in [9.17, 15) is 19.5 Å². The second kappa shape index (κ2) is 10.2. The minimum atomic E-state index is -0.814. The maximum absolute atomic E-state index is 12.5. The molecule has 5 nitrogen and oxygen atoms in total. The maximum Gasteiger partial charge on any atom is 0.268 e. The van der Waals surface area contributed by atoms with Crippen LogP contribution in [0.3, 0.4) is 0 Å². The molecule has 5 heteroatoms.